The van der Waals surface area contributed by atoms with E-state index in [4.69, 9.17) is 11.6 Å². The first kappa shape index (κ1) is 13.5. The average Bonchev–Trinajstić information content (AvgIpc) is 2.81. The van der Waals surface area contributed by atoms with Crippen molar-refractivity contribution in [3.05, 3.63) is 35.0 Å². The number of amides is 1. The lowest BCUT2D eigenvalue weighted by Crippen LogP contribution is -2.24. The van der Waals surface area contributed by atoms with Gasteiger partial charge in [0, 0.05) is 17.6 Å². The SMILES string of the molecule is CNC(=O)Cn1nnc(CO)c1-c1cccc(Cl)c1. The third kappa shape index (κ3) is 2.91. The lowest BCUT2D eigenvalue weighted by molar-refractivity contribution is -0.121. The molecule has 0 aliphatic rings. The predicted octanol–water partition coefficient (Wildman–Crippen LogP) is 0.837. The molecule has 7 heteroatoms. The molecule has 2 aromatic rings. The first-order chi connectivity index (χ1) is 9.15. The molecule has 0 unspecified atom stereocenters. The zero-order chi connectivity index (χ0) is 13.8. The number of hydrogen-bond donors (Lipinski definition) is 2. The van der Waals surface area contributed by atoms with Gasteiger partial charge in [-0.1, -0.05) is 28.9 Å². The van der Waals surface area contributed by atoms with Crippen molar-refractivity contribution in [1.82, 2.24) is 20.3 Å². The Morgan fingerprint density at radius 2 is 2.32 bits per heavy atom. The van der Waals surface area contributed by atoms with Crippen LogP contribution in [-0.4, -0.2) is 33.1 Å². The number of halogens is 1. The molecule has 1 aromatic heterocycles. The average molecular weight is 281 g/mol. The minimum atomic E-state index is -0.254. The minimum Gasteiger partial charge on any atom is -0.390 e. The fourth-order valence-corrected chi connectivity index (χ4v) is 1.92. The topological polar surface area (TPSA) is 80.0 Å². The first-order valence-electron chi connectivity index (χ1n) is 5.65. The van der Waals surface area contributed by atoms with Gasteiger partial charge in [0.25, 0.3) is 0 Å². The van der Waals surface area contributed by atoms with Crippen LogP contribution in [0.3, 0.4) is 0 Å². The number of aliphatic hydroxyl groups is 1. The molecule has 0 saturated heterocycles. The number of carbonyl (C=O) groups is 1. The van der Waals surface area contributed by atoms with Gasteiger partial charge in [0.1, 0.15) is 12.2 Å². The molecule has 0 fully saturated rings. The second kappa shape index (κ2) is 5.81. The molecule has 19 heavy (non-hydrogen) atoms. The summed E-state index contributed by atoms with van der Waals surface area (Å²) in [5.41, 5.74) is 1.75. The summed E-state index contributed by atoms with van der Waals surface area (Å²) in [6.45, 7) is -0.221. The third-order valence-electron chi connectivity index (χ3n) is 2.62. The van der Waals surface area contributed by atoms with E-state index in [1.54, 1.807) is 25.2 Å². The van der Waals surface area contributed by atoms with Gasteiger partial charge in [-0.05, 0) is 12.1 Å². The molecule has 6 nitrogen and oxygen atoms in total. The number of benzene rings is 1. The van der Waals surface area contributed by atoms with Crippen LogP contribution in [0, 0.1) is 0 Å². The fourth-order valence-electron chi connectivity index (χ4n) is 1.73. The van der Waals surface area contributed by atoms with Crippen molar-refractivity contribution in [2.75, 3.05) is 7.05 Å². The van der Waals surface area contributed by atoms with E-state index in [-0.39, 0.29) is 19.1 Å². The minimum absolute atomic E-state index is 0.0331. The number of aliphatic hydroxyl groups excluding tert-OH is 1. The van der Waals surface area contributed by atoms with Crippen molar-refractivity contribution in [3.8, 4) is 11.3 Å². The molecule has 0 radical (unpaired) electrons. The molecule has 0 saturated carbocycles. The van der Waals surface area contributed by atoms with Gasteiger partial charge in [0.15, 0.2) is 0 Å². The summed E-state index contributed by atoms with van der Waals surface area (Å²) < 4.78 is 1.44. The maximum atomic E-state index is 11.4. The van der Waals surface area contributed by atoms with Crippen LogP contribution in [-0.2, 0) is 17.9 Å². The van der Waals surface area contributed by atoms with Crippen LogP contribution in [0.5, 0.6) is 0 Å². The first-order valence-corrected chi connectivity index (χ1v) is 6.03. The number of nitrogens with zero attached hydrogens (tertiary/aromatic N) is 3. The number of nitrogens with one attached hydrogen (secondary N) is 1. The highest BCUT2D eigenvalue weighted by atomic mass is 35.5. The molecular formula is C12H13ClN4O2. The van der Waals surface area contributed by atoms with E-state index in [9.17, 15) is 9.90 Å². The van der Waals surface area contributed by atoms with Crippen molar-refractivity contribution in [1.29, 1.82) is 0 Å². The summed E-state index contributed by atoms with van der Waals surface area (Å²) in [5.74, 6) is -0.197. The number of aromatic nitrogens is 3. The van der Waals surface area contributed by atoms with Gasteiger partial charge in [0.2, 0.25) is 5.91 Å². The van der Waals surface area contributed by atoms with Gasteiger partial charge < -0.3 is 10.4 Å². The summed E-state index contributed by atoms with van der Waals surface area (Å²) in [6.07, 6.45) is 0. The van der Waals surface area contributed by atoms with Gasteiger partial charge >= 0.3 is 0 Å². The van der Waals surface area contributed by atoms with E-state index in [1.165, 1.54) is 4.68 Å². The summed E-state index contributed by atoms with van der Waals surface area (Å²) in [5, 5.41) is 20.1. The number of carbonyl (C=O) groups excluding carboxylic acids is 1. The molecule has 1 heterocycles. The van der Waals surface area contributed by atoms with Crippen LogP contribution >= 0.6 is 11.6 Å². The summed E-state index contributed by atoms with van der Waals surface area (Å²) in [7, 11) is 1.55. The van der Waals surface area contributed by atoms with Crippen molar-refractivity contribution in [3.63, 3.8) is 0 Å². The van der Waals surface area contributed by atoms with Crippen molar-refractivity contribution < 1.29 is 9.90 Å². The molecule has 2 rings (SSSR count). The Morgan fingerprint density at radius 3 is 2.95 bits per heavy atom. The number of likely N-dealkylation sites (N-methyl/N-ethyl adjacent to an activating group) is 1. The van der Waals surface area contributed by atoms with Gasteiger partial charge in [-0.15, -0.1) is 5.10 Å². The van der Waals surface area contributed by atoms with Crippen LogP contribution in [0.2, 0.25) is 5.02 Å². The fraction of sp³-hybridized carbons (Fsp3) is 0.250. The van der Waals surface area contributed by atoms with E-state index < -0.39 is 0 Å². The van der Waals surface area contributed by atoms with Gasteiger partial charge in [-0.25, -0.2) is 4.68 Å². The second-order valence-corrected chi connectivity index (χ2v) is 4.32. The Morgan fingerprint density at radius 1 is 1.53 bits per heavy atom. The van der Waals surface area contributed by atoms with E-state index >= 15 is 0 Å². The predicted molar refractivity (Wildman–Crippen MR) is 70.5 cm³/mol. The van der Waals surface area contributed by atoms with E-state index in [0.29, 0.717) is 16.4 Å². The molecule has 100 valence electrons. The van der Waals surface area contributed by atoms with Crippen LogP contribution in [0.15, 0.2) is 24.3 Å². The lowest BCUT2D eigenvalue weighted by Gasteiger charge is -2.07. The molecule has 1 amide bonds. The smallest absolute Gasteiger partial charge is 0.241 e. The van der Waals surface area contributed by atoms with Crippen molar-refractivity contribution in [2.45, 2.75) is 13.2 Å². The maximum Gasteiger partial charge on any atom is 0.241 e. The van der Waals surface area contributed by atoms with E-state index in [1.807, 2.05) is 6.07 Å². The van der Waals surface area contributed by atoms with Crippen LogP contribution < -0.4 is 5.32 Å². The van der Waals surface area contributed by atoms with Gasteiger partial charge in [-0.2, -0.15) is 0 Å². The van der Waals surface area contributed by atoms with Crippen molar-refractivity contribution >= 4 is 17.5 Å². The van der Waals surface area contributed by atoms with Crippen molar-refractivity contribution in [2.24, 2.45) is 0 Å². The zero-order valence-electron chi connectivity index (χ0n) is 10.3. The molecule has 1 aromatic carbocycles. The van der Waals surface area contributed by atoms with E-state index in [0.717, 1.165) is 5.56 Å². The highest BCUT2D eigenvalue weighted by Crippen LogP contribution is 2.25. The molecule has 0 atom stereocenters. The normalized spacial score (nSPS) is 10.5. The number of hydrogen-bond acceptors (Lipinski definition) is 4. The largest absolute Gasteiger partial charge is 0.390 e. The van der Waals surface area contributed by atoms with E-state index in [2.05, 4.69) is 15.6 Å². The Balaban J connectivity index is 2.47. The maximum absolute atomic E-state index is 11.4. The quantitative estimate of drug-likeness (QED) is 0.870. The molecule has 2 N–H and O–H groups in total. The van der Waals surface area contributed by atoms with Crippen LogP contribution in [0.4, 0.5) is 0 Å². The highest BCUT2D eigenvalue weighted by molar-refractivity contribution is 6.30. The molecule has 0 spiro atoms. The van der Waals surface area contributed by atoms with Crippen LogP contribution in [0.1, 0.15) is 5.69 Å². The second-order valence-electron chi connectivity index (χ2n) is 3.88. The summed E-state index contributed by atoms with van der Waals surface area (Å²) in [4.78, 5) is 11.4. The highest BCUT2D eigenvalue weighted by Gasteiger charge is 2.16. The molecule has 0 aliphatic carbocycles. The van der Waals surface area contributed by atoms with Crippen LogP contribution in [0.25, 0.3) is 11.3 Å². The lowest BCUT2D eigenvalue weighted by atomic mass is 10.1. The number of rotatable bonds is 4. The Labute approximate surface area is 115 Å². The summed E-state index contributed by atoms with van der Waals surface area (Å²) >= 11 is 5.95. The third-order valence-corrected chi connectivity index (χ3v) is 2.86. The monoisotopic (exact) mass is 280 g/mol. The van der Waals surface area contributed by atoms with Gasteiger partial charge in [0.05, 0.1) is 12.3 Å². The summed E-state index contributed by atoms with van der Waals surface area (Å²) in [6, 6.07) is 7.09. The Bertz CT molecular complexity index is 597. The molecular weight excluding hydrogens is 268 g/mol. The molecule has 0 bridgehead atoms. The Kier molecular flexibility index (Phi) is 4.13. The zero-order valence-corrected chi connectivity index (χ0v) is 11.1. The Hall–Kier alpha value is -1.92. The standard InChI is InChI=1S/C12H13ClN4O2/c1-14-11(19)6-17-12(10(7-18)15-16-17)8-3-2-4-9(13)5-8/h2-5,18H,6-7H2,1H3,(H,14,19). The molecule has 0 aliphatic heterocycles. The van der Waals surface area contributed by atoms with Gasteiger partial charge in [-0.3, -0.25) is 4.79 Å².